The molecule has 0 aliphatic rings. The summed E-state index contributed by atoms with van der Waals surface area (Å²) in [5.74, 6) is 0.806. The van der Waals surface area contributed by atoms with Gasteiger partial charge in [-0.3, -0.25) is 4.79 Å². The van der Waals surface area contributed by atoms with Crippen LogP contribution in [0.25, 0.3) is 16.6 Å². The molecule has 20 heavy (non-hydrogen) atoms. The molecule has 1 aromatic carbocycles. The van der Waals surface area contributed by atoms with Gasteiger partial charge in [0, 0.05) is 17.3 Å². The zero-order valence-corrected chi connectivity index (χ0v) is 11.5. The molecular weight excluding hydrogens is 250 g/mol. The van der Waals surface area contributed by atoms with Crippen molar-refractivity contribution in [2.75, 3.05) is 7.11 Å². The van der Waals surface area contributed by atoms with E-state index in [-0.39, 0.29) is 0 Å². The predicted molar refractivity (Wildman–Crippen MR) is 79.5 cm³/mol. The normalized spacial score (nSPS) is 10.7. The quantitative estimate of drug-likeness (QED) is 0.675. The van der Waals surface area contributed by atoms with Gasteiger partial charge in [-0.25, -0.2) is 0 Å². The van der Waals surface area contributed by atoms with E-state index in [0.29, 0.717) is 5.69 Å². The summed E-state index contributed by atoms with van der Waals surface area (Å²) in [6.07, 6.45) is 2.84. The minimum atomic E-state index is 0.671. The molecule has 0 amide bonds. The Kier molecular flexibility index (Phi) is 3.03. The molecule has 0 unspecified atom stereocenters. The number of aryl methyl sites for hydroxylation is 1. The molecule has 3 heteroatoms. The van der Waals surface area contributed by atoms with Gasteiger partial charge in [0.1, 0.15) is 5.75 Å². The summed E-state index contributed by atoms with van der Waals surface area (Å²) in [6, 6.07) is 13.8. The molecule has 3 nitrogen and oxygen atoms in total. The fraction of sp³-hybridized carbons (Fsp3) is 0.118. The Bertz CT molecular complexity index is 770. The standard InChI is InChI=1S/C17H15NO2/c1-12-7-8-18-14(9-12)10-16(17(18)11-19)13-3-5-15(20-2)6-4-13/h3-11H,1-2H3. The second-order valence-corrected chi connectivity index (χ2v) is 4.79. The van der Waals surface area contributed by atoms with Gasteiger partial charge in [-0.2, -0.15) is 0 Å². The molecule has 0 fully saturated rings. The number of ether oxygens (including phenoxy) is 1. The number of methoxy groups -OCH3 is 1. The molecule has 0 spiro atoms. The van der Waals surface area contributed by atoms with Crippen molar-refractivity contribution >= 4 is 11.8 Å². The Balaban J connectivity index is 2.21. The van der Waals surface area contributed by atoms with Crippen LogP contribution in [0.4, 0.5) is 0 Å². The first-order chi connectivity index (χ1) is 9.72. The number of carbonyl (C=O) groups excluding carboxylic acids is 1. The maximum absolute atomic E-state index is 11.4. The van der Waals surface area contributed by atoms with Crippen LogP contribution in [0.1, 0.15) is 16.1 Å². The van der Waals surface area contributed by atoms with Crippen molar-refractivity contribution in [3.63, 3.8) is 0 Å². The fourth-order valence-electron chi connectivity index (χ4n) is 2.43. The number of carbonyl (C=O) groups is 1. The lowest BCUT2D eigenvalue weighted by atomic mass is 10.1. The summed E-state index contributed by atoms with van der Waals surface area (Å²) in [4.78, 5) is 11.4. The molecular formula is C17H15NO2. The Morgan fingerprint density at radius 3 is 2.50 bits per heavy atom. The van der Waals surface area contributed by atoms with E-state index >= 15 is 0 Å². The summed E-state index contributed by atoms with van der Waals surface area (Å²) >= 11 is 0. The average Bonchev–Trinajstić information content (AvgIpc) is 2.84. The zero-order chi connectivity index (χ0) is 14.1. The average molecular weight is 265 g/mol. The lowest BCUT2D eigenvalue weighted by molar-refractivity contribution is 0.111. The molecule has 3 rings (SSSR count). The summed E-state index contributed by atoms with van der Waals surface area (Å²) < 4.78 is 7.08. The van der Waals surface area contributed by atoms with E-state index < -0.39 is 0 Å². The third kappa shape index (κ3) is 1.97. The van der Waals surface area contributed by atoms with Crippen LogP contribution in [0, 0.1) is 6.92 Å². The summed E-state index contributed by atoms with van der Waals surface area (Å²) in [5.41, 5.74) is 4.82. The number of nitrogens with zero attached hydrogens (tertiary/aromatic N) is 1. The van der Waals surface area contributed by atoms with Gasteiger partial charge >= 0.3 is 0 Å². The molecule has 0 N–H and O–H groups in total. The van der Waals surface area contributed by atoms with Crippen LogP contribution in [0.15, 0.2) is 48.7 Å². The van der Waals surface area contributed by atoms with Crippen LogP contribution in [-0.2, 0) is 0 Å². The van der Waals surface area contributed by atoms with Crippen LogP contribution < -0.4 is 4.74 Å². The van der Waals surface area contributed by atoms with Gasteiger partial charge in [-0.1, -0.05) is 12.1 Å². The number of fused-ring (bicyclic) bond motifs is 1. The van der Waals surface area contributed by atoms with Crippen molar-refractivity contribution in [1.82, 2.24) is 4.40 Å². The first kappa shape index (κ1) is 12.5. The van der Waals surface area contributed by atoms with E-state index in [1.54, 1.807) is 7.11 Å². The van der Waals surface area contributed by atoms with Crippen molar-refractivity contribution in [2.24, 2.45) is 0 Å². The van der Waals surface area contributed by atoms with Crippen LogP contribution in [0.5, 0.6) is 5.75 Å². The first-order valence-corrected chi connectivity index (χ1v) is 6.44. The number of hydrogen-bond donors (Lipinski definition) is 0. The van der Waals surface area contributed by atoms with Gasteiger partial charge in [-0.05, 0) is 48.4 Å². The summed E-state index contributed by atoms with van der Waals surface area (Å²) in [6.45, 7) is 2.04. The lowest BCUT2D eigenvalue weighted by Crippen LogP contribution is -1.92. The van der Waals surface area contributed by atoms with E-state index in [4.69, 9.17) is 4.74 Å². The van der Waals surface area contributed by atoms with Crippen LogP contribution >= 0.6 is 0 Å². The molecule has 0 aliphatic heterocycles. The predicted octanol–water partition coefficient (Wildman–Crippen LogP) is 3.74. The number of hydrogen-bond acceptors (Lipinski definition) is 2. The van der Waals surface area contributed by atoms with Crippen molar-refractivity contribution in [3.8, 4) is 16.9 Å². The van der Waals surface area contributed by atoms with Crippen LogP contribution in [0.2, 0.25) is 0 Å². The number of aldehydes is 1. The minimum Gasteiger partial charge on any atom is -0.497 e. The Morgan fingerprint density at radius 1 is 1.10 bits per heavy atom. The largest absolute Gasteiger partial charge is 0.497 e. The highest BCUT2D eigenvalue weighted by atomic mass is 16.5. The second-order valence-electron chi connectivity index (χ2n) is 4.79. The highest BCUT2D eigenvalue weighted by Crippen LogP contribution is 2.28. The molecule has 3 aromatic rings. The Morgan fingerprint density at radius 2 is 1.85 bits per heavy atom. The molecule has 0 bridgehead atoms. The molecule has 100 valence electrons. The van der Waals surface area contributed by atoms with Gasteiger partial charge in [0.2, 0.25) is 0 Å². The minimum absolute atomic E-state index is 0.671. The number of benzene rings is 1. The van der Waals surface area contributed by atoms with Crippen LogP contribution in [0.3, 0.4) is 0 Å². The third-order valence-corrected chi connectivity index (χ3v) is 3.48. The maximum Gasteiger partial charge on any atom is 0.167 e. The van der Waals surface area contributed by atoms with E-state index in [2.05, 4.69) is 6.07 Å². The van der Waals surface area contributed by atoms with Gasteiger partial charge < -0.3 is 9.14 Å². The van der Waals surface area contributed by atoms with Crippen molar-refractivity contribution in [1.29, 1.82) is 0 Å². The third-order valence-electron chi connectivity index (χ3n) is 3.48. The van der Waals surface area contributed by atoms with Crippen molar-refractivity contribution in [3.05, 3.63) is 59.9 Å². The SMILES string of the molecule is COc1ccc(-c2cc3cc(C)ccn3c2C=O)cc1. The lowest BCUT2D eigenvalue weighted by Gasteiger charge is -2.03. The monoisotopic (exact) mass is 265 g/mol. The Labute approximate surface area is 117 Å². The zero-order valence-electron chi connectivity index (χ0n) is 11.5. The highest BCUT2D eigenvalue weighted by Gasteiger charge is 2.11. The van der Waals surface area contributed by atoms with Crippen molar-refractivity contribution in [2.45, 2.75) is 6.92 Å². The van der Waals surface area contributed by atoms with E-state index in [1.165, 1.54) is 5.56 Å². The van der Waals surface area contributed by atoms with Gasteiger partial charge in [0.25, 0.3) is 0 Å². The van der Waals surface area contributed by atoms with Crippen molar-refractivity contribution < 1.29 is 9.53 Å². The van der Waals surface area contributed by atoms with Gasteiger partial charge in [0.05, 0.1) is 12.8 Å². The molecule has 2 aromatic heterocycles. The molecule has 0 atom stereocenters. The smallest absolute Gasteiger partial charge is 0.167 e. The van der Waals surface area contributed by atoms with Gasteiger partial charge in [-0.15, -0.1) is 0 Å². The summed E-state index contributed by atoms with van der Waals surface area (Å²) in [7, 11) is 1.64. The first-order valence-electron chi connectivity index (χ1n) is 6.44. The molecule has 2 heterocycles. The topological polar surface area (TPSA) is 30.7 Å². The highest BCUT2D eigenvalue weighted by molar-refractivity contribution is 5.90. The Hall–Kier alpha value is -2.55. The fourth-order valence-corrected chi connectivity index (χ4v) is 2.43. The van der Waals surface area contributed by atoms with E-state index in [9.17, 15) is 4.79 Å². The molecule has 0 aliphatic carbocycles. The number of pyridine rings is 1. The number of aromatic nitrogens is 1. The molecule has 0 radical (unpaired) electrons. The van der Waals surface area contributed by atoms with Crippen LogP contribution in [-0.4, -0.2) is 17.8 Å². The molecule has 0 saturated carbocycles. The summed E-state index contributed by atoms with van der Waals surface area (Å²) in [5, 5.41) is 0. The van der Waals surface area contributed by atoms with E-state index in [0.717, 1.165) is 28.7 Å². The van der Waals surface area contributed by atoms with Gasteiger partial charge in [0.15, 0.2) is 6.29 Å². The number of rotatable bonds is 3. The molecule has 0 saturated heterocycles. The van der Waals surface area contributed by atoms with E-state index in [1.807, 2.05) is 53.9 Å². The maximum atomic E-state index is 11.4. The second kappa shape index (κ2) is 4.85.